The number of rotatable bonds is 7. The molecule has 0 heterocycles. The maximum Gasteiger partial charge on any atom is 0.220 e. The largest absolute Gasteiger partial charge is 0.495 e. The van der Waals surface area contributed by atoms with Gasteiger partial charge in [-0.25, -0.2) is 0 Å². The van der Waals surface area contributed by atoms with Crippen LogP contribution >= 0.6 is 11.6 Å². The standard InChI is InChI=1S/C15H22ClNO3/c1-4-15(2,10-18)17-14(19)8-6-11-5-7-13(20-3)12(16)9-11/h5,7,9,18H,4,6,8,10H2,1-3H3,(H,17,19). The number of carbonyl (C=O) groups excluding carboxylic acids is 1. The van der Waals surface area contributed by atoms with E-state index in [9.17, 15) is 9.90 Å². The van der Waals surface area contributed by atoms with Crippen molar-refractivity contribution < 1.29 is 14.6 Å². The maximum atomic E-state index is 11.9. The first-order valence-electron chi connectivity index (χ1n) is 6.68. The molecule has 1 aromatic rings. The molecule has 2 N–H and O–H groups in total. The Balaban J connectivity index is 2.55. The summed E-state index contributed by atoms with van der Waals surface area (Å²) in [5.41, 5.74) is 0.433. The Morgan fingerprint density at radius 1 is 1.50 bits per heavy atom. The van der Waals surface area contributed by atoms with Crippen LogP contribution in [-0.2, 0) is 11.2 Å². The lowest BCUT2D eigenvalue weighted by Crippen LogP contribution is -2.48. The summed E-state index contributed by atoms with van der Waals surface area (Å²) in [7, 11) is 1.56. The first-order chi connectivity index (χ1) is 9.44. The van der Waals surface area contributed by atoms with Crippen LogP contribution in [0.4, 0.5) is 0 Å². The second-order valence-corrected chi connectivity index (χ2v) is 5.50. The molecule has 0 aromatic heterocycles. The zero-order valence-corrected chi connectivity index (χ0v) is 13.0. The lowest BCUT2D eigenvalue weighted by Gasteiger charge is -2.27. The second-order valence-electron chi connectivity index (χ2n) is 5.09. The zero-order chi connectivity index (χ0) is 15.2. The molecule has 0 aliphatic carbocycles. The van der Waals surface area contributed by atoms with Crippen LogP contribution in [0.1, 0.15) is 32.3 Å². The van der Waals surface area contributed by atoms with E-state index in [1.807, 2.05) is 19.9 Å². The molecule has 1 unspecified atom stereocenters. The van der Waals surface area contributed by atoms with Crippen LogP contribution in [0, 0.1) is 0 Å². The maximum absolute atomic E-state index is 11.9. The van der Waals surface area contributed by atoms with E-state index >= 15 is 0 Å². The third-order valence-electron chi connectivity index (χ3n) is 3.43. The van der Waals surface area contributed by atoms with E-state index in [0.717, 1.165) is 5.56 Å². The van der Waals surface area contributed by atoms with Crippen molar-refractivity contribution >= 4 is 17.5 Å². The van der Waals surface area contributed by atoms with Crippen molar-refractivity contribution in [2.45, 2.75) is 38.6 Å². The molecule has 0 spiro atoms. The Labute approximate surface area is 125 Å². The van der Waals surface area contributed by atoms with Crippen molar-refractivity contribution in [3.8, 4) is 5.75 Å². The highest BCUT2D eigenvalue weighted by Gasteiger charge is 2.22. The molecule has 0 saturated carbocycles. The van der Waals surface area contributed by atoms with E-state index in [4.69, 9.17) is 16.3 Å². The van der Waals surface area contributed by atoms with E-state index in [2.05, 4.69) is 5.32 Å². The average Bonchev–Trinajstić information content (AvgIpc) is 2.45. The predicted molar refractivity (Wildman–Crippen MR) is 80.2 cm³/mol. The Hall–Kier alpha value is -1.26. The fourth-order valence-corrected chi connectivity index (χ4v) is 2.04. The lowest BCUT2D eigenvalue weighted by atomic mass is 9.99. The SMILES string of the molecule is CCC(C)(CO)NC(=O)CCc1ccc(OC)c(Cl)c1. The number of amides is 1. The Kier molecular flexibility index (Phi) is 6.30. The van der Waals surface area contributed by atoms with Gasteiger partial charge in [0.15, 0.2) is 0 Å². The summed E-state index contributed by atoms with van der Waals surface area (Å²) < 4.78 is 5.08. The van der Waals surface area contributed by atoms with Gasteiger partial charge in [-0.15, -0.1) is 0 Å². The van der Waals surface area contributed by atoms with Crippen LogP contribution in [0.2, 0.25) is 5.02 Å². The van der Waals surface area contributed by atoms with Crippen molar-refractivity contribution in [1.29, 1.82) is 0 Å². The molecule has 0 radical (unpaired) electrons. The van der Waals surface area contributed by atoms with Gasteiger partial charge in [-0.3, -0.25) is 4.79 Å². The van der Waals surface area contributed by atoms with Crippen molar-refractivity contribution in [1.82, 2.24) is 5.32 Å². The van der Waals surface area contributed by atoms with Crippen molar-refractivity contribution in [3.05, 3.63) is 28.8 Å². The highest BCUT2D eigenvalue weighted by atomic mass is 35.5. The smallest absolute Gasteiger partial charge is 0.220 e. The molecule has 0 saturated heterocycles. The predicted octanol–water partition coefficient (Wildman–Crippen LogP) is 2.56. The molecule has 5 heteroatoms. The average molecular weight is 300 g/mol. The third-order valence-corrected chi connectivity index (χ3v) is 3.72. The number of aliphatic hydroxyl groups is 1. The highest BCUT2D eigenvalue weighted by Crippen LogP contribution is 2.25. The number of methoxy groups -OCH3 is 1. The summed E-state index contributed by atoms with van der Waals surface area (Å²) in [5, 5.41) is 12.7. The summed E-state index contributed by atoms with van der Waals surface area (Å²) in [6.45, 7) is 3.69. The van der Waals surface area contributed by atoms with E-state index in [1.54, 1.807) is 19.2 Å². The lowest BCUT2D eigenvalue weighted by molar-refractivity contribution is -0.123. The molecule has 0 aliphatic heterocycles. The quantitative estimate of drug-likeness (QED) is 0.813. The van der Waals surface area contributed by atoms with E-state index in [-0.39, 0.29) is 12.5 Å². The first-order valence-corrected chi connectivity index (χ1v) is 7.06. The topological polar surface area (TPSA) is 58.6 Å². The van der Waals surface area contributed by atoms with Crippen LogP contribution in [0.25, 0.3) is 0 Å². The van der Waals surface area contributed by atoms with Gasteiger partial charge in [-0.1, -0.05) is 24.6 Å². The molecule has 0 aliphatic rings. The summed E-state index contributed by atoms with van der Waals surface area (Å²) in [5.74, 6) is 0.550. The Morgan fingerprint density at radius 3 is 2.70 bits per heavy atom. The van der Waals surface area contributed by atoms with Crippen molar-refractivity contribution in [3.63, 3.8) is 0 Å². The number of carbonyl (C=O) groups is 1. The molecular weight excluding hydrogens is 278 g/mol. The minimum Gasteiger partial charge on any atom is -0.495 e. The number of hydrogen-bond acceptors (Lipinski definition) is 3. The summed E-state index contributed by atoms with van der Waals surface area (Å²) in [6.07, 6.45) is 1.64. The van der Waals surface area contributed by atoms with Crippen LogP contribution in [0.5, 0.6) is 5.75 Å². The van der Waals surface area contributed by atoms with E-state index in [1.165, 1.54) is 0 Å². The third kappa shape index (κ3) is 4.69. The van der Waals surface area contributed by atoms with E-state index < -0.39 is 5.54 Å². The molecular formula is C15H22ClNO3. The Bertz CT molecular complexity index is 458. The van der Waals surface area contributed by atoms with Gasteiger partial charge in [0.05, 0.1) is 24.3 Å². The molecule has 20 heavy (non-hydrogen) atoms. The van der Waals surface area contributed by atoms with Gasteiger partial charge in [0.1, 0.15) is 5.75 Å². The van der Waals surface area contributed by atoms with Crippen LogP contribution < -0.4 is 10.1 Å². The molecule has 0 bridgehead atoms. The summed E-state index contributed by atoms with van der Waals surface area (Å²) in [6, 6.07) is 5.49. The normalized spacial score (nSPS) is 13.7. The van der Waals surface area contributed by atoms with Crippen LogP contribution in [0.15, 0.2) is 18.2 Å². The number of aryl methyl sites for hydroxylation is 1. The molecule has 0 fully saturated rings. The van der Waals surface area contributed by atoms with Gasteiger partial charge in [0.25, 0.3) is 0 Å². The molecule has 4 nitrogen and oxygen atoms in total. The summed E-state index contributed by atoms with van der Waals surface area (Å²) >= 11 is 6.04. The number of nitrogens with one attached hydrogen (secondary N) is 1. The van der Waals surface area contributed by atoms with Gasteiger partial charge < -0.3 is 15.2 Å². The first kappa shape index (κ1) is 16.8. The Morgan fingerprint density at radius 2 is 2.20 bits per heavy atom. The minimum absolute atomic E-state index is 0.0659. The fraction of sp³-hybridized carbons (Fsp3) is 0.533. The number of hydrogen-bond donors (Lipinski definition) is 2. The fourth-order valence-electron chi connectivity index (χ4n) is 1.76. The van der Waals surface area contributed by atoms with Gasteiger partial charge in [0.2, 0.25) is 5.91 Å². The number of ether oxygens (including phenoxy) is 1. The minimum atomic E-state index is -0.547. The van der Waals surface area contributed by atoms with Gasteiger partial charge in [-0.2, -0.15) is 0 Å². The molecule has 112 valence electrons. The summed E-state index contributed by atoms with van der Waals surface area (Å²) in [4.78, 5) is 11.9. The number of benzene rings is 1. The van der Waals surface area contributed by atoms with Crippen molar-refractivity contribution in [2.24, 2.45) is 0 Å². The second kappa shape index (κ2) is 7.50. The number of aliphatic hydroxyl groups excluding tert-OH is 1. The van der Waals surface area contributed by atoms with Gasteiger partial charge in [-0.05, 0) is 37.5 Å². The molecule has 1 aromatic carbocycles. The molecule has 1 atom stereocenters. The zero-order valence-electron chi connectivity index (χ0n) is 12.2. The van der Waals surface area contributed by atoms with Gasteiger partial charge >= 0.3 is 0 Å². The highest BCUT2D eigenvalue weighted by molar-refractivity contribution is 6.32. The van der Waals surface area contributed by atoms with Crippen LogP contribution in [0.3, 0.4) is 0 Å². The molecule has 1 rings (SSSR count). The van der Waals surface area contributed by atoms with Crippen molar-refractivity contribution in [2.75, 3.05) is 13.7 Å². The number of halogens is 1. The van der Waals surface area contributed by atoms with Crippen LogP contribution in [-0.4, -0.2) is 30.3 Å². The van der Waals surface area contributed by atoms with E-state index in [0.29, 0.717) is 30.0 Å². The molecule has 1 amide bonds. The monoisotopic (exact) mass is 299 g/mol. The van der Waals surface area contributed by atoms with Gasteiger partial charge in [0, 0.05) is 6.42 Å².